The van der Waals surface area contributed by atoms with Crippen molar-refractivity contribution in [2.75, 3.05) is 19.7 Å². The fourth-order valence-electron chi connectivity index (χ4n) is 2.46. The molecule has 1 fully saturated rings. The van der Waals surface area contributed by atoms with E-state index in [2.05, 4.69) is 46.1 Å². The van der Waals surface area contributed by atoms with Gasteiger partial charge in [0.1, 0.15) is 0 Å². The Morgan fingerprint density at radius 1 is 1.24 bits per heavy atom. The second kappa shape index (κ2) is 6.41. The number of rotatable bonds is 5. The number of benzene rings is 1. The molecule has 1 aromatic heterocycles. The van der Waals surface area contributed by atoms with Gasteiger partial charge in [-0.05, 0) is 12.5 Å². The predicted octanol–water partition coefficient (Wildman–Crippen LogP) is 2.95. The number of hydrogen-bond donors (Lipinski definition) is 0. The number of nitrogens with zero attached hydrogens (tertiary/aromatic N) is 3. The van der Waals surface area contributed by atoms with Crippen LogP contribution in [0.15, 0.2) is 36.7 Å². The van der Waals surface area contributed by atoms with Crippen molar-refractivity contribution in [3.63, 3.8) is 0 Å². The third kappa shape index (κ3) is 3.93. The van der Waals surface area contributed by atoms with Gasteiger partial charge in [0.2, 0.25) is 5.88 Å². The molecular formula is C16H18ClN3O. The van der Waals surface area contributed by atoms with Crippen molar-refractivity contribution in [1.82, 2.24) is 14.9 Å². The third-order valence-corrected chi connectivity index (χ3v) is 3.79. The zero-order valence-corrected chi connectivity index (χ0v) is 12.8. The van der Waals surface area contributed by atoms with Crippen molar-refractivity contribution < 1.29 is 4.74 Å². The van der Waals surface area contributed by atoms with Gasteiger partial charge in [0.05, 0.1) is 19.0 Å². The molecule has 3 rings (SSSR count). The molecule has 110 valence electrons. The van der Waals surface area contributed by atoms with Crippen LogP contribution in [0.5, 0.6) is 5.88 Å². The lowest BCUT2D eigenvalue weighted by atomic mass is 10.00. The van der Waals surface area contributed by atoms with Gasteiger partial charge in [0, 0.05) is 25.6 Å². The maximum Gasteiger partial charge on any atom is 0.233 e. The van der Waals surface area contributed by atoms with Crippen LogP contribution in [0, 0.1) is 12.8 Å². The summed E-state index contributed by atoms with van der Waals surface area (Å²) in [6.07, 6.45) is 3.09. The van der Waals surface area contributed by atoms with Crippen molar-refractivity contribution in [2.24, 2.45) is 5.92 Å². The molecule has 0 radical (unpaired) electrons. The van der Waals surface area contributed by atoms with Gasteiger partial charge in [-0.15, -0.1) is 0 Å². The number of aryl methyl sites for hydroxylation is 1. The molecule has 0 unspecified atom stereocenters. The van der Waals surface area contributed by atoms with Crippen molar-refractivity contribution in [1.29, 1.82) is 0 Å². The summed E-state index contributed by atoms with van der Waals surface area (Å²) in [7, 11) is 0. The summed E-state index contributed by atoms with van der Waals surface area (Å²) < 4.78 is 5.62. The second-order valence-electron chi connectivity index (χ2n) is 5.54. The highest BCUT2D eigenvalue weighted by Gasteiger charge is 2.27. The van der Waals surface area contributed by atoms with E-state index < -0.39 is 0 Å². The van der Waals surface area contributed by atoms with E-state index in [1.54, 1.807) is 6.20 Å². The van der Waals surface area contributed by atoms with E-state index in [1.807, 2.05) is 0 Å². The summed E-state index contributed by atoms with van der Waals surface area (Å²) in [6.45, 7) is 5.90. The normalized spacial score (nSPS) is 15.7. The number of hydrogen-bond acceptors (Lipinski definition) is 4. The van der Waals surface area contributed by atoms with Gasteiger partial charge in [-0.25, -0.2) is 0 Å². The lowest BCUT2D eigenvalue weighted by molar-refractivity contribution is 0.0543. The number of ether oxygens (including phenoxy) is 1. The summed E-state index contributed by atoms with van der Waals surface area (Å²) in [5.74, 6) is 1.05. The van der Waals surface area contributed by atoms with E-state index in [0.717, 1.165) is 19.6 Å². The van der Waals surface area contributed by atoms with Gasteiger partial charge in [-0.2, -0.15) is 4.98 Å². The molecule has 0 saturated carbocycles. The molecule has 1 aliphatic heterocycles. The monoisotopic (exact) mass is 303 g/mol. The lowest BCUT2D eigenvalue weighted by Crippen LogP contribution is -2.48. The summed E-state index contributed by atoms with van der Waals surface area (Å²) in [6, 6.07) is 8.71. The molecule has 1 aromatic carbocycles. The summed E-state index contributed by atoms with van der Waals surface area (Å²) in [4.78, 5) is 10.4. The van der Waals surface area contributed by atoms with Crippen LogP contribution in [0.4, 0.5) is 0 Å². The van der Waals surface area contributed by atoms with Crippen LogP contribution in [-0.4, -0.2) is 34.6 Å². The Morgan fingerprint density at radius 3 is 2.71 bits per heavy atom. The van der Waals surface area contributed by atoms with Crippen LogP contribution >= 0.6 is 11.6 Å². The molecule has 2 heterocycles. The van der Waals surface area contributed by atoms with Crippen LogP contribution in [0.3, 0.4) is 0 Å². The fraction of sp³-hybridized carbons (Fsp3) is 0.375. The Balaban J connectivity index is 1.41. The first-order valence-corrected chi connectivity index (χ1v) is 7.45. The van der Waals surface area contributed by atoms with E-state index in [1.165, 1.54) is 17.3 Å². The highest BCUT2D eigenvalue weighted by Crippen LogP contribution is 2.20. The average molecular weight is 304 g/mol. The highest BCUT2D eigenvalue weighted by atomic mass is 35.5. The van der Waals surface area contributed by atoms with E-state index >= 15 is 0 Å². The van der Waals surface area contributed by atoms with Crippen LogP contribution < -0.4 is 4.74 Å². The fourth-order valence-corrected chi connectivity index (χ4v) is 2.60. The molecule has 0 atom stereocenters. The molecular weight excluding hydrogens is 286 g/mol. The van der Waals surface area contributed by atoms with E-state index in [9.17, 15) is 0 Å². The van der Waals surface area contributed by atoms with Gasteiger partial charge in [0.25, 0.3) is 0 Å². The largest absolute Gasteiger partial charge is 0.476 e. The van der Waals surface area contributed by atoms with Crippen molar-refractivity contribution in [2.45, 2.75) is 13.5 Å². The van der Waals surface area contributed by atoms with Crippen molar-refractivity contribution in [3.05, 3.63) is 52.9 Å². The van der Waals surface area contributed by atoms with Crippen molar-refractivity contribution in [3.8, 4) is 5.88 Å². The first-order valence-electron chi connectivity index (χ1n) is 7.07. The zero-order chi connectivity index (χ0) is 14.7. The van der Waals surface area contributed by atoms with E-state index in [4.69, 9.17) is 16.3 Å². The van der Waals surface area contributed by atoms with E-state index in [-0.39, 0.29) is 0 Å². The first kappa shape index (κ1) is 14.3. The zero-order valence-electron chi connectivity index (χ0n) is 12.0. The van der Waals surface area contributed by atoms with Gasteiger partial charge in [0.15, 0.2) is 5.15 Å². The van der Waals surface area contributed by atoms with Gasteiger partial charge < -0.3 is 4.74 Å². The topological polar surface area (TPSA) is 38.2 Å². The molecule has 0 N–H and O–H groups in total. The van der Waals surface area contributed by atoms with Gasteiger partial charge >= 0.3 is 0 Å². The molecule has 2 aromatic rings. The molecule has 21 heavy (non-hydrogen) atoms. The molecule has 0 bridgehead atoms. The second-order valence-corrected chi connectivity index (χ2v) is 5.92. The minimum atomic E-state index is 0.363. The molecule has 0 spiro atoms. The molecule has 1 aliphatic rings. The summed E-state index contributed by atoms with van der Waals surface area (Å²) >= 11 is 5.77. The number of likely N-dealkylation sites (tertiary alicyclic amines) is 1. The Hall–Kier alpha value is -1.65. The number of halogens is 1. The molecule has 0 aliphatic carbocycles. The molecule has 5 heteroatoms. The Kier molecular flexibility index (Phi) is 4.36. The molecule has 0 amide bonds. The molecule has 4 nitrogen and oxygen atoms in total. The van der Waals surface area contributed by atoms with Crippen LogP contribution in [0.25, 0.3) is 0 Å². The maximum absolute atomic E-state index is 5.77. The number of aromatic nitrogens is 2. The van der Waals surface area contributed by atoms with Crippen molar-refractivity contribution >= 4 is 11.6 Å². The van der Waals surface area contributed by atoms with Crippen LogP contribution in [-0.2, 0) is 6.54 Å². The Morgan fingerprint density at radius 2 is 2.00 bits per heavy atom. The molecule has 1 saturated heterocycles. The highest BCUT2D eigenvalue weighted by molar-refractivity contribution is 6.29. The van der Waals surface area contributed by atoms with Gasteiger partial charge in [-0.3, -0.25) is 9.88 Å². The van der Waals surface area contributed by atoms with Gasteiger partial charge in [-0.1, -0.05) is 41.4 Å². The average Bonchev–Trinajstić information content (AvgIpc) is 2.43. The minimum absolute atomic E-state index is 0.363. The van der Waals surface area contributed by atoms with Crippen LogP contribution in [0.1, 0.15) is 11.1 Å². The minimum Gasteiger partial charge on any atom is -0.476 e. The Labute approximate surface area is 129 Å². The summed E-state index contributed by atoms with van der Waals surface area (Å²) in [5.41, 5.74) is 2.66. The lowest BCUT2D eigenvalue weighted by Gasteiger charge is -2.38. The Bertz CT molecular complexity index is 597. The first-order chi connectivity index (χ1) is 10.2. The quantitative estimate of drug-likeness (QED) is 0.851. The maximum atomic E-state index is 5.77. The summed E-state index contributed by atoms with van der Waals surface area (Å²) in [5, 5.41) is 0.363. The third-order valence-electron chi connectivity index (χ3n) is 3.61. The SMILES string of the molecule is Cc1ccc(CN2CC(COc3cncc(Cl)n3)C2)cc1. The van der Waals surface area contributed by atoms with E-state index in [0.29, 0.717) is 23.6 Å². The standard InChI is InChI=1S/C16H18ClN3O/c1-12-2-4-13(5-3-12)8-20-9-14(10-20)11-21-16-7-18-6-15(17)19-16/h2-7,14H,8-11H2,1H3. The smallest absolute Gasteiger partial charge is 0.233 e. The predicted molar refractivity (Wildman–Crippen MR) is 82.5 cm³/mol. The van der Waals surface area contributed by atoms with Crippen LogP contribution in [0.2, 0.25) is 5.15 Å².